The smallest absolute Gasteiger partial charge is 0.340 e. The lowest BCUT2D eigenvalue weighted by Crippen LogP contribution is -2.09. The standard InChI is InChI=1S/C19H18ClNO3/c1-3-24-19(22)17-11-16(23-2)10-14-8-9-21(18(14)17)12-13-4-6-15(20)7-5-13/h4-11H,3,12H2,1-2H3. The fourth-order valence-corrected chi connectivity index (χ4v) is 2.85. The Morgan fingerprint density at radius 1 is 1.17 bits per heavy atom. The molecule has 1 heterocycles. The van der Waals surface area contributed by atoms with Crippen molar-refractivity contribution in [2.75, 3.05) is 13.7 Å². The molecule has 3 aromatic rings. The maximum absolute atomic E-state index is 12.4. The summed E-state index contributed by atoms with van der Waals surface area (Å²) >= 11 is 5.94. The lowest BCUT2D eigenvalue weighted by molar-refractivity contribution is 0.0528. The molecule has 0 N–H and O–H groups in total. The SMILES string of the molecule is CCOC(=O)c1cc(OC)cc2ccn(Cc3ccc(Cl)cc3)c12. The molecule has 2 aromatic carbocycles. The van der Waals surface area contributed by atoms with Gasteiger partial charge in [0.15, 0.2) is 0 Å². The quantitative estimate of drug-likeness (QED) is 0.639. The number of fused-ring (bicyclic) bond motifs is 1. The second-order valence-electron chi connectivity index (χ2n) is 5.40. The first kappa shape index (κ1) is 16.4. The first-order valence-corrected chi connectivity index (χ1v) is 8.08. The van der Waals surface area contributed by atoms with E-state index < -0.39 is 0 Å². The van der Waals surface area contributed by atoms with E-state index in [9.17, 15) is 4.79 Å². The molecule has 0 bridgehead atoms. The monoisotopic (exact) mass is 343 g/mol. The molecule has 0 saturated carbocycles. The molecule has 5 heteroatoms. The van der Waals surface area contributed by atoms with E-state index in [4.69, 9.17) is 21.1 Å². The van der Waals surface area contributed by atoms with E-state index in [1.807, 2.05) is 47.2 Å². The summed E-state index contributed by atoms with van der Waals surface area (Å²) in [5.74, 6) is 0.284. The Hall–Kier alpha value is -2.46. The van der Waals surface area contributed by atoms with Crippen molar-refractivity contribution < 1.29 is 14.3 Å². The number of ether oxygens (including phenoxy) is 2. The maximum atomic E-state index is 12.4. The Labute approximate surface area is 145 Å². The zero-order chi connectivity index (χ0) is 17.1. The van der Waals surface area contributed by atoms with Gasteiger partial charge in [-0.1, -0.05) is 23.7 Å². The van der Waals surface area contributed by atoms with E-state index in [1.54, 1.807) is 20.1 Å². The molecule has 0 aliphatic carbocycles. The molecule has 124 valence electrons. The van der Waals surface area contributed by atoms with Gasteiger partial charge in [-0.25, -0.2) is 4.79 Å². The molecule has 0 aliphatic rings. The van der Waals surface area contributed by atoms with Crippen LogP contribution >= 0.6 is 11.6 Å². The highest BCUT2D eigenvalue weighted by Crippen LogP contribution is 2.28. The number of methoxy groups -OCH3 is 1. The van der Waals surface area contributed by atoms with Crippen LogP contribution in [0.1, 0.15) is 22.8 Å². The van der Waals surface area contributed by atoms with E-state index >= 15 is 0 Å². The highest BCUT2D eigenvalue weighted by molar-refractivity contribution is 6.30. The van der Waals surface area contributed by atoms with Crippen LogP contribution in [-0.2, 0) is 11.3 Å². The summed E-state index contributed by atoms with van der Waals surface area (Å²) in [5, 5.41) is 1.64. The molecule has 0 aliphatic heterocycles. The third kappa shape index (κ3) is 3.24. The Morgan fingerprint density at radius 2 is 1.92 bits per heavy atom. The Morgan fingerprint density at radius 3 is 2.58 bits per heavy atom. The van der Waals surface area contributed by atoms with Crippen LogP contribution in [0.4, 0.5) is 0 Å². The Kier molecular flexibility index (Phi) is 4.76. The van der Waals surface area contributed by atoms with Crippen molar-refractivity contribution in [2.24, 2.45) is 0 Å². The van der Waals surface area contributed by atoms with E-state index in [1.165, 1.54) is 0 Å². The predicted molar refractivity (Wildman–Crippen MR) is 95.0 cm³/mol. The fourth-order valence-electron chi connectivity index (χ4n) is 2.72. The number of esters is 1. The first-order valence-electron chi connectivity index (χ1n) is 7.71. The molecule has 0 amide bonds. The van der Waals surface area contributed by atoms with Crippen molar-refractivity contribution in [3.05, 3.63) is 64.8 Å². The van der Waals surface area contributed by atoms with E-state index in [-0.39, 0.29) is 5.97 Å². The molecule has 0 radical (unpaired) electrons. The number of aromatic nitrogens is 1. The maximum Gasteiger partial charge on any atom is 0.340 e. The lowest BCUT2D eigenvalue weighted by Gasteiger charge is -2.11. The molecule has 0 spiro atoms. The lowest BCUT2D eigenvalue weighted by atomic mass is 10.1. The van der Waals surface area contributed by atoms with E-state index in [2.05, 4.69) is 0 Å². The van der Waals surface area contributed by atoms with Crippen LogP contribution < -0.4 is 4.74 Å². The summed E-state index contributed by atoms with van der Waals surface area (Å²) in [6.07, 6.45) is 1.96. The molecule has 4 nitrogen and oxygen atoms in total. The summed E-state index contributed by atoms with van der Waals surface area (Å²) in [6.45, 7) is 2.76. The van der Waals surface area contributed by atoms with Gasteiger partial charge in [-0.05, 0) is 42.8 Å². The van der Waals surface area contributed by atoms with Gasteiger partial charge in [-0.15, -0.1) is 0 Å². The molecule has 0 atom stereocenters. The van der Waals surface area contributed by atoms with Crippen molar-refractivity contribution in [3.63, 3.8) is 0 Å². The topological polar surface area (TPSA) is 40.5 Å². The first-order chi connectivity index (χ1) is 11.6. The van der Waals surface area contributed by atoms with Crippen molar-refractivity contribution in [3.8, 4) is 5.75 Å². The number of carbonyl (C=O) groups excluding carboxylic acids is 1. The van der Waals surface area contributed by atoms with Crippen LogP contribution in [0.25, 0.3) is 10.9 Å². The average Bonchev–Trinajstić information content (AvgIpc) is 2.99. The van der Waals surface area contributed by atoms with Gasteiger partial charge < -0.3 is 14.0 Å². The minimum atomic E-state index is -0.350. The second-order valence-corrected chi connectivity index (χ2v) is 5.84. The van der Waals surface area contributed by atoms with Gasteiger partial charge in [0, 0.05) is 23.2 Å². The minimum Gasteiger partial charge on any atom is -0.497 e. The van der Waals surface area contributed by atoms with Gasteiger partial charge >= 0.3 is 5.97 Å². The zero-order valence-electron chi connectivity index (χ0n) is 13.6. The largest absolute Gasteiger partial charge is 0.497 e. The summed E-state index contributed by atoms with van der Waals surface area (Å²) in [6, 6.07) is 13.3. The van der Waals surface area contributed by atoms with Crippen molar-refractivity contribution in [1.29, 1.82) is 0 Å². The molecular formula is C19H18ClNO3. The average molecular weight is 344 g/mol. The van der Waals surface area contributed by atoms with Gasteiger partial charge in [0.2, 0.25) is 0 Å². The second kappa shape index (κ2) is 6.97. The van der Waals surface area contributed by atoms with E-state index in [0.717, 1.165) is 16.5 Å². The van der Waals surface area contributed by atoms with Gasteiger partial charge in [-0.2, -0.15) is 0 Å². The molecule has 3 rings (SSSR count). The Bertz CT molecular complexity index is 868. The van der Waals surface area contributed by atoms with Crippen LogP contribution in [0, 0.1) is 0 Å². The van der Waals surface area contributed by atoms with E-state index in [0.29, 0.717) is 29.5 Å². The van der Waals surface area contributed by atoms with Crippen LogP contribution in [0.5, 0.6) is 5.75 Å². The highest BCUT2D eigenvalue weighted by Gasteiger charge is 2.17. The van der Waals surface area contributed by atoms with Gasteiger partial charge in [0.25, 0.3) is 0 Å². The third-order valence-corrected chi connectivity index (χ3v) is 4.08. The molecule has 0 fully saturated rings. The van der Waals surface area contributed by atoms with Crippen molar-refractivity contribution in [2.45, 2.75) is 13.5 Å². The fraction of sp³-hybridized carbons (Fsp3) is 0.211. The molecule has 24 heavy (non-hydrogen) atoms. The normalized spacial score (nSPS) is 10.8. The number of hydrogen-bond acceptors (Lipinski definition) is 3. The predicted octanol–water partition coefficient (Wildman–Crippen LogP) is 4.53. The number of carbonyl (C=O) groups is 1. The summed E-state index contributed by atoms with van der Waals surface area (Å²) in [4.78, 5) is 12.4. The van der Waals surface area contributed by atoms with Crippen molar-refractivity contribution >= 4 is 28.5 Å². The number of hydrogen-bond donors (Lipinski definition) is 0. The number of nitrogens with zero attached hydrogens (tertiary/aromatic N) is 1. The van der Waals surface area contributed by atoms with Crippen LogP contribution in [0.15, 0.2) is 48.7 Å². The molecule has 0 saturated heterocycles. The third-order valence-electron chi connectivity index (χ3n) is 3.83. The summed E-state index contributed by atoms with van der Waals surface area (Å²) < 4.78 is 12.5. The molecule has 0 unspecified atom stereocenters. The van der Waals surface area contributed by atoms with Gasteiger partial charge in [0.1, 0.15) is 5.75 Å². The summed E-state index contributed by atoms with van der Waals surface area (Å²) in [7, 11) is 1.58. The highest BCUT2D eigenvalue weighted by atomic mass is 35.5. The van der Waals surface area contributed by atoms with Gasteiger partial charge in [-0.3, -0.25) is 0 Å². The van der Waals surface area contributed by atoms with Gasteiger partial charge in [0.05, 0.1) is 24.8 Å². The van der Waals surface area contributed by atoms with Crippen molar-refractivity contribution in [1.82, 2.24) is 4.57 Å². The summed E-state index contributed by atoms with van der Waals surface area (Å²) in [5.41, 5.74) is 2.44. The van der Waals surface area contributed by atoms with Crippen LogP contribution in [-0.4, -0.2) is 24.3 Å². The number of benzene rings is 2. The Balaban J connectivity index is 2.08. The van der Waals surface area contributed by atoms with Crippen LogP contribution in [0.2, 0.25) is 5.02 Å². The van der Waals surface area contributed by atoms with Crippen LogP contribution in [0.3, 0.4) is 0 Å². The minimum absolute atomic E-state index is 0.329. The zero-order valence-corrected chi connectivity index (χ0v) is 14.3. The molecular weight excluding hydrogens is 326 g/mol. The molecule has 1 aromatic heterocycles. The number of halogens is 1. The number of rotatable bonds is 5.